The second-order valence-corrected chi connectivity index (χ2v) is 4.43. The third-order valence-electron chi connectivity index (χ3n) is 2.10. The molecule has 0 fully saturated rings. The van der Waals surface area contributed by atoms with Crippen molar-refractivity contribution in [1.29, 1.82) is 0 Å². The highest BCUT2D eigenvalue weighted by atomic mass is 35.5. The molecule has 0 aliphatic heterocycles. The molecule has 1 aromatic carbocycles. The van der Waals surface area contributed by atoms with E-state index in [1.165, 1.54) is 0 Å². The molecule has 0 saturated heterocycles. The largest absolute Gasteiger partial charge is 0.387 e. The average molecular weight is 314 g/mol. The van der Waals surface area contributed by atoms with Crippen LogP contribution in [0.5, 0.6) is 0 Å². The Hall–Kier alpha value is -0.520. The van der Waals surface area contributed by atoms with Crippen LogP contribution in [-0.4, -0.2) is 31.2 Å². The molecule has 0 saturated carbocycles. The number of aliphatic hydroxyl groups is 1. The van der Waals surface area contributed by atoms with Gasteiger partial charge in [-0.1, -0.05) is 23.2 Å². The first-order valence-corrected chi connectivity index (χ1v) is 5.84. The molecule has 102 valence electrons. The topological polar surface area (TPSA) is 61.4 Å². The van der Waals surface area contributed by atoms with Gasteiger partial charge in [-0.3, -0.25) is 4.79 Å². The van der Waals surface area contributed by atoms with Crippen molar-refractivity contribution in [3.63, 3.8) is 0 Å². The van der Waals surface area contributed by atoms with Crippen molar-refractivity contribution in [3.8, 4) is 0 Å². The third kappa shape index (κ3) is 5.89. The lowest BCUT2D eigenvalue weighted by Crippen LogP contribution is -2.34. The van der Waals surface area contributed by atoms with Gasteiger partial charge < -0.3 is 15.7 Å². The normalized spacial score (nSPS) is 11.6. The third-order valence-corrected chi connectivity index (χ3v) is 2.54. The number of rotatable bonds is 5. The maximum absolute atomic E-state index is 11.2. The summed E-state index contributed by atoms with van der Waals surface area (Å²) < 4.78 is 0. The van der Waals surface area contributed by atoms with E-state index in [4.69, 9.17) is 23.2 Å². The number of likely N-dealkylation sites (N-methyl/N-ethyl adjacent to an activating group) is 1. The number of hydrogen-bond acceptors (Lipinski definition) is 3. The summed E-state index contributed by atoms with van der Waals surface area (Å²) in [7, 11) is 1.67. The SMILES string of the molecule is CNCC(=O)NCC(O)c1cc(Cl)cc(Cl)c1.Cl. The molecule has 0 aromatic heterocycles. The van der Waals surface area contributed by atoms with Crippen LogP contribution in [0.2, 0.25) is 10.0 Å². The summed E-state index contributed by atoms with van der Waals surface area (Å²) in [6.45, 7) is 0.334. The minimum atomic E-state index is -0.827. The van der Waals surface area contributed by atoms with Crippen molar-refractivity contribution < 1.29 is 9.90 Å². The molecule has 0 bridgehead atoms. The predicted octanol–water partition coefficient (Wildman–Crippen LogP) is 1.78. The van der Waals surface area contributed by atoms with Crippen molar-refractivity contribution in [2.45, 2.75) is 6.10 Å². The van der Waals surface area contributed by atoms with Gasteiger partial charge in [0.1, 0.15) is 0 Å². The Labute approximate surface area is 122 Å². The van der Waals surface area contributed by atoms with Gasteiger partial charge in [0.05, 0.1) is 12.6 Å². The standard InChI is InChI=1S/C11H14Cl2N2O2.ClH/c1-14-6-11(17)15-5-10(16)7-2-8(12)4-9(13)3-7;/h2-4,10,14,16H,5-6H2,1H3,(H,15,17);1H. The van der Waals surface area contributed by atoms with E-state index in [1.54, 1.807) is 25.2 Å². The van der Waals surface area contributed by atoms with Crippen LogP contribution in [0.15, 0.2) is 18.2 Å². The maximum atomic E-state index is 11.2. The number of amides is 1. The minimum absolute atomic E-state index is 0. The van der Waals surface area contributed by atoms with Crippen molar-refractivity contribution in [2.24, 2.45) is 0 Å². The Bertz CT molecular complexity index is 382. The van der Waals surface area contributed by atoms with Crippen LogP contribution in [0.3, 0.4) is 0 Å². The fourth-order valence-electron chi connectivity index (χ4n) is 1.32. The van der Waals surface area contributed by atoms with Crippen molar-refractivity contribution in [3.05, 3.63) is 33.8 Å². The zero-order chi connectivity index (χ0) is 12.8. The molecule has 1 atom stereocenters. The Kier molecular flexibility index (Phi) is 8.31. The number of hydrogen-bond donors (Lipinski definition) is 3. The summed E-state index contributed by atoms with van der Waals surface area (Å²) in [6.07, 6.45) is -0.827. The van der Waals surface area contributed by atoms with Gasteiger partial charge in [0.25, 0.3) is 0 Å². The Morgan fingerprint density at radius 3 is 2.39 bits per heavy atom. The molecule has 1 rings (SSSR count). The summed E-state index contributed by atoms with van der Waals surface area (Å²) in [6, 6.07) is 4.81. The quantitative estimate of drug-likeness (QED) is 0.776. The fraction of sp³-hybridized carbons (Fsp3) is 0.364. The molecular formula is C11H15Cl3N2O2. The van der Waals surface area contributed by atoms with Gasteiger partial charge in [-0.2, -0.15) is 0 Å². The summed E-state index contributed by atoms with van der Waals surface area (Å²) in [5, 5.41) is 16.0. The molecule has 4 nitrogen and oxygen atoms in total. The Morgan fingerprint density at radius 1 is 1.33 bits per heavy atom. The predicted molar refractivity (Wildman–Crippen MR) is 75.6 cm³/mol. The van der Waals surface area contributed by atoms with Gasteiger partial charge in [-0.25, -0.2) is 0 Å². The number of nitrogens with one attached hydrogen (secondary N) is 2. The van der Waals surface area contributed by atoms with Crippen LogP contribution < -0.4 is 10.6 Å². The first-order chi connectivity index (χ1) is 8.02. The number of benzene rings is 1. The highest BCUT2D eigenvalue weighted by Gasteiger charge is 2.10. The molecule has 18 heavy (non-hydrogen) atoms. The fourth-order valence-corrected chi connectivity index (χ4v) is 1.86. The van der Waals surface area contributed by atoms with Crippen LogP contribution in [0.4, 0.5) is 0 Å². The molecule has 0 heterocycles. The van der Waals surface area contributed by atoms with Crippen LogP contribution in [0.25, 0.3) is 0 Å². The minimum Gasteiger partial charge on any atom is -0.387 e. The van der Waals surface area contributed by atoms with E-state index in [-0.39, 0.29) is 31.4 Å². The molecular weight excluding hydrogens is 298 g/mol. The lowest BCUT2D eigenvalue weighted by Gasteiger charge is -2.13. The molecule has 1 unspecified atom stereocenters. The smallest absolute Gasteiger partial charge is 0.234 e. The van der Waals surface area contributed by atoms with Gasteiger partial charge in [0, 0.05) is 16.6 Å². The summed E-state index contributed by atoms with van der Waals surface area (Å²) in [5.41, 5.74) is 0.576. The monoisotopic (exact) mass is 312 g/mol. The second-order valence-electron chi connectivity index (χ2n) is 3.55. The lowest BCUT2D eigenvalue weighted by atomic mass is 10.1. The molecule has 0 spiro atoms. The van der Waals surface area contributed by atoms with Crippen LogP contribution >= 0.6 is 35.6 Å². The van der Waals surface area contributed by atoms with E-state index in [1.807, 2.05) is 0 Å². The Morgan fingerprint density at radius 2 is 1.89 bits per heavy atom. The summed E-state index contributed by atoms with van der Waals surface area (Å²) in [5.74, 6) is -0.181. The number of carbonyl (C=O) groups is 1. The number of aliphatic hydroxyl groups excluding tert-OH is 1. The van der Waals surface area contributed by atoms with Gasteiger partial charge in [0.15, 0.2) is 0 Å². The van der Waals surface area contributed by atoms with Crippen LogP contribution in [-0.2, 0) is 4.79 Å². The zero-order valence-electron chi connectivity index (χ0n) is 9.74. The molecule has 1 amide bonds. The summed E-state index contributed by atoms with van der Waals surface area (Å²) in [4.78, 5) is 11.2. The highest BCUT2D eigenvalue weighted by molar-refractivity contribution is 6.34. The first-order valence-electron chi connectivity index (χ1n) is 5.08. The van der Waals surface area contributed by atoms with Crippen molar-refractivity contribution in [1.82, 2.24) is 10.6 Å². The molecule has 7 heteroatoms. The van der Waals surface area contributed by atoms with Gasteiger partial charge >= 0.3 is 0 Å². The van der Waals surface area contributed by atoms with E-state index in [2.05, 4.69) is 10.6 Å². The molecule has 0 radical (unpaired) electrons. The lowest BCUT2D eigenvalue weighted by molar-refractivity contribution is -0.120. The van der Waals surface area contributed by atoms with E-state index < -0.39 is 6.10 Å². The van der Waals surface area contributed by atoms with Crippen molar-refractivity contribution in [2.75, 3.05) is 20.1 Å². The molecule has 3 N–H and O–H groups in total. The van der Waals surface area contributed by atoms with Gasteiger partial charge in [-0.05, 0) is 30.8 Å². The highest BCUT2D eigenvalue weighted by Crippen LogP contribution is 2.23. The molecule has 0 aliphatic carbocycles. The van der Waals surface area contributed by atoms with E-state index in [9.17, 15) is 9.90 Å². The van der Waals surface area contributed by atoms with Crippen LogP contribution in [0, 0.1) is 0 Å². The van der Waals surface area contributed by atoms with Gasteiger partial charge in [-0.15, -0.1) is 12.4 Å². The average Bonchev–Trinajstić information content (AvgIpc) is 2.25. The number of carbonyl (C=O) groups excluding carboxylic acids is 1. The Balaban J connectivity index is 0.00000289. The summed E-state index contributed by atoms with van der Waals surface area (Å²) >= 11 is 11.6. The van der Waals surface area contributed by atoms with Crippen molar-refractivity contribution >= 4 is 41.5 Å². The zero-order valence-corrected chi connectivity index (χ0v) is 12.1. The molecule has 1 aromatic rings. The maximum Gasteiger partial charge on any atom is 0.234 e. The van der Waals surface area contributed by atoms with E-state index in [0.29, 0.717) is 15.6 Å². The van der Waals surface area contributed by atoms with E-state index >= 15 is 0 Å². The van der Waals surface area contributed by atoms with Gasteiger partial charge in [0.2, 0.25) is 5.91 Å². The van der Waals surface area contributed by atoms with Crippen LogP contribution in [0.1, 0.15) is 11.7 Å². The first kappa shape index (κ1) is 17.5. The second kappa shape index (κ2) is 8.56. The van der Waals surface area contributed by atoms with E-state index in [0.717, 1.165) is 0 Å². The molecule has 0 aliphatic rings. The number of halogens is 3.